The number of benzene rings is 1. The number of hydrogen-bond donors (Lipinski definition) is 0. The van der Waals surface area contributed by atoms with E-state index < -0.39 is 0 Å². The van der Waals surface area contributed by atoms with Gasteiger partial charge in [-0.2, -0.15) is 0 Å². The first-order valence-electron chi connectivity index (χ1n) is 4.42. The zero-order valence-electron chi connectivity index (χ0n) is 7.51. The maximum absolute atomic E-state index is 11.4. The molecule has 0 saturated heterocycles. The van der Waals surface area contributed by atoms with E-state index in [2.05, 4.69) is 15.9 Å². The van der Waals surface area contributed by atoms with E-state index in [9.17, 15) is 4.79 Å². The van der Waals surface area contributed by atoms with Crippen LogP contribution in [0.3, 0.4) is 0 Å². The second kappa shape index (κ2) is 2.95. The van der Waals surface area contributed by atoms with Crippen molar-refractivity contribution < 1.29 is 4.79 Å². The smallest absolute Gasteiger partial charge is 0.140 e. The Labute approximate surface area is 86.3 Å². The highest BCUT2D eigenvalue weighted by molar-refractivity contribution is 9.10. The van der Waals surface area contributed by atoms with Gasteiger partial charge in [-0.1, -0.05) is 28.1 Å². The zero-order chi connectivity index (χ0) is 9.47. The van der Waals surface area contributed by atoms with Crippen molar-refractivity contribution in [1.82, 2.24) is 0 Å². The quantitative estimate of drug-likeness (QED) is 0.775. The van der Waals surface area contributed by atoms with Crippen molar-refractivity contribution in [3.63, 3.8) is 0 Å². The molecule has 0 amide bonds. The minimum Gasteiger partial charge on any atom is -0.299 e. The average molecular weight is 239 g/mol. The van der Waals surface area contributed by atoms with Gasteiger partial charge in [-0.15, -0.1) is 0 Å². The second-order valence-corrected chi connectivity index (χ2v) is 4.56. The van der Waals surface area contributed by atoms with Gasteiger partial charge in [0.15, 0.2) is 0 Å². The molecule has 0 N–H and O–H groups in total. The van der Waals surface area contributed by atoms with Gasteiger partial charge in [0, 0.05) is 4.47 Å². The highest BCUT2D eigenvalue weighted by atomic mass is 79.9. The van der Waals surface area contributed by atoms with Crippen molar-refractivity contribution >= 4 is 21.7 Å². The molecular weight excluding hydrogens is 228 g/mol. The summed E-state index contributed by atoms with van der Waals surface area (Å²) in [7, 11) is 0. The molecule has 1 fully saturated rings. The Balaban J connectivity index is 2.36. The van der Waals surface area contributed by atoms with Crippen LogP contribution in [0.5, 0.6) is 0 Å². The molecule has 1 aromatic rings. The first-order chi connectivity index (χ1) is 6.15. The van der Waals surface area contributed by atoms with E-state index in [0.29, 0.717) is 5.78 Å². The van der Waals surface area contributed by atoms with Crippen LogP contribution in [0.15, 0.2) is 28.7 Å². The van der Waals surface area contributed by atoms with Crippen LogP contribution >= 0.6 is 15.9 Å². The number of halogens is 1. The first-order valence-corrected chi connectivity index (χ1v) is 5.21. The molecule has 0 aromatic heterocycles. The highest BCUT2D eigenvalue weighted by Gasteiger charge is 2.48. The van der Waals surface area contributed by atoms with E-state index in [1.165, 1.54) is 5.56 Å². The fraction of sp³-hybridized carbons (Fsp3) is 0.364. The normalized spacial score (nSPS) is 18.3. The third-order valence-electron chi connectivity index (χ3n) is 2.82. The first kappa shape index (κ1) is 8.95. The minimum atomic E-state index is -0.124. The van der Waals surface area contributed by atoms with Crippen LogP contribution in [0.1, 0.15) is 25.3 Å². The van der Waals surface area contributed by atoms with Crippen LogP contribution < -0.4 is 0 Å². The molecule has 1 aliphatic rings. The van der Waals surface area contributed by atoms with E-state index in [4.69, 9.17) is 0 Å². The summed E-state index contributed by atoms with van der Waals surface area (Å²) in [5.41, 5.74) is 1.05. The van der Waals surface area contributed by atoms with Crippen molar-refractivity contribution in [2.75, 3.05) is 0 Å². The van der Waals surface area contributed by atoms with Gasteiger partial charge in [-0.3, -0.25) is 4.79 Å². The largest absolute Gasteiger partial charge is 0.299 e. The summed E-state index contributed by atoms with van der Waals surface area (Å²) in [5.74, 6) is 0.301. The average Bonchev–Trinajstić information content (AvgIpc) is 2.86. The summed E-state index contributed by atoms with van der Waals surface area (Å²) in [6.07, 6.45) is 2.04. The Morgan fingerprint density at radius 1 is 1.31 bits per heavy atom. The molecular formula is C11H11BrO. The van der Waals surface area contributed by atoms with E-state index in [1.54, 1.807) is 6.92 Å². The van der Waals surface area contributed by atoms with Crippen molar-refractivity contribution in [2.24, 2.45) is 0 Å². The lowest BCUT2D eigenvalue weighted by molar-refractivity contribution is -0.119. The third-order valence-corrected chi connectivity index (χ3v) is 3.35. The van der Waals surface area contributed by atoms with Gasteiger partial charge in [-0.25, -0.2) is 0 Å². The predicted octanol–water partition coefficient (Wildman–Crippen LogP) is 3.07. The van der Waals surface area contributed by atoms with Crippen LogP contribution in [0, 0.1) is 0 Å². The van der Waals surface area contributed by atoms with Crippen LogP contribution in [0.25, 0.3) is 0 Å². The van der Waals surface area contributed by atoms with Gasteiger partial charge in [0.05, 0.1) is 5.41 Å². The summed E-state index contributed by atoms with van der Waals surface area (Å²) >= 11 is 3.38. The molecule has 68 valence electrons. The van der Waals surface area contributed by atoms with Gasteiger partial charge in [-0.05, 0) is 37.5 Å². The molecule has 0 aliphatic heterocycles. The fourth-order valence-electron chi connectivity index (χ4n) is 1.74. The third kappa shape index (κ3) is 1.44. The predicted molar refractivity (Wildman–Crippen MR) is 55.7 cm³/mol. The van der Waals surface area contributed by atoms with Gasteiger partial charge < -0.3 is 0 Å². The van der Waals surface area contributed by atoms with Crippen molar-refractivity contribution in [2.45, 2.75) is 25.2 Å². The van der Waals surface area contributed by atoms with E-state index >= 15 is 0 Å². The Kier molecular flexibility index (Phi) is 2.03. The number of carbonyl (C=O) groups is 1. The number of hydrogen-bond acceptors (Lipinski definition) is 1. The van der Waals surface area contributed by atoms with Gasteiger partial charge in [0.2, 0.25) is 0 Å². The lowest BCUT2D eigenvalue weighted by atomic mass is 9.92. The summed E-state index contributed by atoms with van der Waals surface area (Å²) in [4.78, 5) is 11.4. The standard InChI is InChI=1S/C11H11BrO/c1-8(13)11(6-7-11)9-2-4-10(12)5-3-9/h2-5H,6-7H2,1H3. The van der Waals surface area contributed by atoms with Crippen molar-refractivity contribution in [1.29, 1.82) is 0 Å². The molecule has 0 heterocycles. The van der Waals surface area contributed by atoms with Crippen LogP contribution in [0.4, 0.5) is 0 Å². The molecule has 0 bridgehead atoms. The molecule has 2 rings (SSSR count). The molecule has 1 aliphatic carbocycles. The maximum Gasteiger partial charge on any atom is 0.140 e. The molecule has 2 heteroatoms. The second-order valence-electron chi connectivity index (χ2n) is 3.65. The van der Waals surface area contributed by atoms with Gasteiger partial charge in [0.25, 0.3) is 0 Å². The number of rotatable bonds is 2. The van der Waals surface area contributed by atoms with Crippen LogP contribution in [-0.2, 0) is 10.2 Å². The lowest BCUT2D eigenvalue weighted by Crippen LogP contribution is -2.16. The van der Waals surface area contributed by atoms with E-state index in [-0.39, 0.29) is 5.41 Å². The number of carbonyl (C=O) groups excluding carboxylic acids is 1. The van der Waals surface area contributed by atoms with Gasteiger partial charge in [0.1, 0.15) is 5.78 Å². The summed E-state index contributed by atoms with van der Waals surface area (Å²) in [6, 6.07) is 8.08. The Morgan fingerprint density at radius 3 is 2.23 bits per heavy atom. The molecule has 13 heavy (non-hydrogen) atoms. The summed E-state index contributed by atoms with van der Waals surface area (Å²) < 4.78 is 1.07. The Bertz CT molecular complexity index is 336. The lowest BCUT2D eigenvalue weighted by Gasteiger charge is -2.11. The van der Waals surface area contributed by atoms with Crippen molar-refractivity contribution in [3.8, 4) is 0 Å². The maximum atomic E-state index is 11.4. The molecule has 0 radical (unpaired) electrons. The Hall–Kier alpha value is -0.630. The fourth-order valence-corrected chi connectivity index (χ4v) is 2.00. The van der Waals surface area contributed by atoms with E-state index in [1.807, 2.05) is 24.3 Å². The molecule has 0 atom stereocenters. The monoisotopic (exact) mass is 238 g/mol. The van der Waals surface area contributed by atoms with Crippen LogP contribution in [-0.4, -0.2) is 5.78 Å². The van der Waals surface area contributed by atoms with Crippen molar-refractivity contribution in [3.05, 3.63) is 34.3 Å². The summed E-state index contributed by atoms with van der Waals surface area (Å²) in [5, 5.41) is 0. The number of Topliss-reactive ketones (excluding diaryl/α,β-unsaturated/α-hetero) is 1. The minimum absolute atomic E-state index is 0.124. The number of ketones is 1. The topological polar surface area (TPSA) is 17.1 Å². The molecule has 0 spiro atoms. The van der Waals surface area contributed by atoms with E-state index in [0.717, 1.165) is 17.3 Å². The highest BCUT2D eigenvalue weighted by Crippen LogP contribution is 2.48. The van der Waals surface area contributed by atoms with Crippen LogP contribution in [0.2, 0.25) is 0 Å². The zero-order valence-corrected chi connectivity index (χ0v) is 9.10. The van der Waals surface area contributed by atoms with Gasteiger partial charge >= 0.3 is 0 Å². The molecule has 1 nitrogen and oxygen atoms in total. The SMILES string of the molecule is CC(=O)C1(c2ccc(Br)cc2)CC1. The summed E-state index contributed by atoms with van der Waals surface area (Å²) in [6.45, 7) is 1.69. The molecule has 1 aromatic carbocycles. The molecule has 0 unspecified atom stereocenters. The molecule has 1 saturated carbocycles. The Morgan fingerprint density at radius 2 is 1.85 bits per heavy atom.